The molecule has 23 heavy (non-hydrogen) atoms. The average molecular weight is 394 g/mol. The summed E-state index contributed by atoms with van der Waals surface area (Å²) in [6.07, 6.45) is 0.911. The SMILES string of the molecule is O=C(CSCc1ccc(Br)cc1F)N1CCc2ccccc2C1. The molecule has 2 aromatic carbocycles. The molecule has 2 nitrogen and oxygen atoms in total. The van der Waals surface area contributed by atoms with Gasteiger partial charge in [0.1, 0.15) is 5.82 Å². The molecule has 2 aromatic rings. The van der Waals surface area contributed by atoms with Crippen LogP contribution in [-0.4, -0.2) is 23.1 Å². The first-order valence-corrected chi connectivity index (χ1v) is 9.44. The van der Waals surface area contributed by atoms with E-state index in [1.807, 2.05) is 23.1 Å². The number of amides is 1. The lowest BCUT2D eigenvalue weighted by molar-refractivity contribution is -0.129. The molecule has 0 saturated carbocycles. The van der Waals surface area contributed by atoms with Gasteiger partial charge in [-0.2, -0.15) is 0 Å². The van der Waals surface area contributed by atoms with Crippen molar-refractivity contribution < 1.29 is 9.18 Å². The van der Waals surface area contributed by atoms with Crippen molar-refractivity contribution >= 4 is 33.6 Å². The zero-order valence-electron chi connectivity index (χ0n) is 12.6. The van der Waals surface area contributed by atoms with Crippen LogP contribution < -0.4 is 0 Å². The number of nitrogens with zero attached hydrogens (tertiary/aromatic N) is 1. The molecule has 1 aliphatic rings. The number of fused-ring (bicyclic) bond motifs is 1. The minimum Gasteiger partial charge on any atom is -0.337 e. The maximum Gasteiger partial charge on any atom is 0.232 e. The van der Waals surface area contributed by atoms with Crippen molar-refractivity contribution in [1.82, 2.24) is 4.90 Å². The molecule has 0 fully saturated rings. The summed E-state index contributed by atoms with van der Waals surface area (Å²) in [6, 6.07) is 13.3. The number of rotatable bonds is 4. The van der Waals surface area contributed by atoms with Crippen molar-refractivity contribution in [1.29, 1.82) is 0 Å². The monoisotopic (exact) mass is 393 g/mol. The van der Waals surface area contributed by atoms with Crippen LogP contribution in [0.4, 0.5) is 4.39 Å². The normalized spacial score (nSPS) is 13.7. The third-order valence-corrected chi connectivity index (χ3v) is 5.44. The Balaban J connectivity index is 1.52. The topological polar surface area (TPSA) is 20.3 Å². The summed E-state index contributed by atoms with van der Waals surface area (Å²) >= 11 is 4.71. The molecule has 1 aliphatic heterocycles. The van der Waals surface area contributed by atoms with Crippen LogP contribution in [-0.2, 0) is 23.5 Å². The second kappa shape index (κ2) is 7.49. The fourth-order valence-corrected chi connectivity index (χ4v) is 3.93. The summed E-state index contributed by atoms with van der Waals surface area (Å²) in [6.45, 7) is 1.45. The molecule has 1 heterocycles. The fourth-order valence-electron chi connectivity index (χ4n) is 2.69. The van der Waals surface area contributed by atoms with Crippen LogP contribution in [0.2, 0.25) is 0 Å². The third kappa shape index (κ3) is 4.15. The zero-order valence-corrected chi connectivity index (χ0v) is 15.0. The molecule has 0 atom stereocenters. The molecule has 0 saturated heterocycles. The second-order valence-electron chi connectivity index (χ2n) is 5.56. The van der Waals surface area contributed by atoms with Crippen LogP contribution in [0, 0.1) is 5.82 Å². The summed E-state index contributed by atoms with van der Waals surface area (Å²) in [5.74, 6) is 0.792. The van der Waals surface area contributed by atoms with Gasteiger partial charge < -0.3 is 4.90 Å². The Morgan fingerprint density at radius 1 is 1.22 bits per heavy atom. The van der Waals surface area contributed by atoms with E-state index in [0.717, 1.165) is 17.4 Å². The van der Waals surface area contributed by atoms with E-state index >= 15 is 0 Å². The van der Waals surface area contributed by atoms with Gasteiger partial charge in [0.25, 0.3) is 0 Å². The predicted molar refractivity (Wildman–Crippen MR) is 95.8 cm³/mol. The first kappa shape index (κ1) is 16.5. The van der Waals surface area contributed by atoms with Gasteiger partial charge in [0, 0.05) is 23.3 Å². The summed E-state index contributed by atoms with van der Waals surface area (Å²) in [7, 11) is 0. The lowest BCUT2D eigenvalue weighted by Crippen LogP contribution is -2.37. The smallest absolute Gasteiger partial charge is 0.232 e. The predicted octanol–water partition coefficient (Wildman–Crippen LogP) is 4.41. The van der Waals surface area contributed by atoms with E-state index in [-0.39, 0.29) is 11.7 Å². The number of benzene rings is 2. The van der Waals surface area contributed by atoms with Gasteiger partial charge in [0.05, 0.1) is 5.75 Å². The first-order valence-electron chi connectivity index (χ1n) is 7.50. The molecule has 0 unspecified atom stereocenters. The number of hydrogen-bond acceptors (Lipinski definition) is 2. The molecule has 0 aromatic heterocycles. The van der Waals surface area contributed by atoms with Gasteiger partial charge in [0.2, 0.25) is 5.91 Å². The maximum absolute atomic E-state index is 13.8. The molecule has 120 valence electrons. The average Bonchev–Trinajstić information content (AvgIpc) is 2.56. The van der Waals surface area contributed by atoms with E-state index in [9.17, 15) is 9.18 Å². The number of carbonyl (C=O) groups excluding carboxylic acids is 1. The van der Waals surface area contributed by atoms with Crippen molar-refractivity contribution in [2.45, 2.75) is 18.7 Å². The quantitative estimate of drug-likeness (QED) is 0.766. The van der Waals surface area contributed by atoms with Gasteiger partial charge >= 0.3 is 0 Å². The number of hydrogen-bond donors (Lipinski definition) is 0. The van der Waals surface area contributed by atoms with E-state index in [2.05, 4.69) is 28.1 Å². The van der Waals surface area contributed by atoms with Crippen LogP contribution in [0.25, 0.3) is 0 Å². The Morgan fingerprint density at radius 3 is 2.78 bits per heavy atom. The molecule has 1 amide bonds. The Kier molecular flexibility index (Phi) is 5.38. The van der Waals surface area contributed by atoms with Crippen LogP contribution in [0.3, 0.4) is 0 Å². The molecule has 0 spiro atoms. The Morgan fingerprint density at radius 2 is 2.00 bits per heavy atom. The lowest BCUT2D eigenvalue weighted by atomic mass is 10.00. The first-order chi connectivity index (χ1) is 11.1. The minimum absolute atomic E-state index is 0.127. The Bertz CT molecular complexity index is 722. The number of halogens is 2. The Hall–Kier alpha value is -1.33. The van der Waals surface area contributed by atoms with Crippen LogP contribution in [0.15, 0.2) is 46.9 Å². The van der Waals surface area contributed by atoms with E-state index in [0.29, 0.717) is 23.6 Å². The van der Waals surface area contributed by atoms with E-state index in [4.69, 9.17) is 0 Å². The highest BCUT2D eigenvalue weighted by Crippen LogP contribution is 2.22. The maximum atomic E-state index is 13.8. The fraction of sp³-hybridized carbons (Fsp3) is 0.278. The molecule has 3 rings (SSSR count). The van der Waals surface area contributed by atoms with Crippen LogP contribution in [0.1, 0.15) is 16.7 Å². The molecule has 0 aliphatic carbocycles. The largest absolute Gasteiger partial charge is 0.337 e. The van der Waals surface area contributed by atoms with Crippen molar-refractivity contribution in [3.05, 3.63) is 69.4 Å². The van der Waals surface area contributed by atoms with Gasteiger partial charge in [-0.3, -0.25) is 4.79 Å². The lowest BCUT2D eigenvalue weighted by Gasteiger charge is -2.28. The highest BCUT2D eigenvalue weighted by atomic mass is 79.9. The molecule has 0 bridgehead atoms. The van der Waals surface area contributed by atoms with E-state index < -0.39 is 0 Å². The van der Waals surface area contributed by atoms with Gasteiger partial charge in [-0.1, -0.05) is 46.3 Å². The van der Waals surface area contributed by atoms with Crippen LogP contribution >= 0.6 is 27.7 Å². The van der Waals surface area contributed by atoms with Crippen LogP contribution in [0.5, 0.6) is 0 Å². The molecule has 5 heteroatoms. The second-order valence-corrected chi connectivity index (χ2v) is 7.46. The highest BCUT2D eigenvalue weighted by molar-refractivity contribution is 9.10. The molecular formula is C18H17BrFNOS. The van der Waals surface area contributed by atoms with E-state index in [1.165, 1.54) is 29.0 Å². The van der Waals surface area contributed by atoms with Crippen molar-refractivity contribution in [3.63, 3.8) is 0 Å². The summed E-state index contributed by atoms with van der Waals surface area (Å²) in [5.41, 5.74) is 3.20. The number of thioether (sulfide) groups is 1. The standard InChI is InChI=1S/C18H17BrFNOS/c19-16-6-5-15(17(20)9-16)11-23-12-18(22)21-8-7-13-3-1-2-4-14(13)10-21/h1-6,9H,7-8,10-12H2. The molecule has 0 N–H and O–H groups in total. The minimum atomic E-state index is -0.230. The van der Waals surface area contributed by atoms with Gasteiger partial charge in [0.15, 0.2) is 0 Å². The summed E-state index contributed by atoms with van der Waals surface area (Å²) < 4.78 is 14.5. The Labute approximate surface area is 148 Å². The van der Waals surface area contributed by atoms with Crippen molar-refractivity contribution in [3.8, 4) is 0 Å². The number of carbonyl (C=O) groups is 1. The summed E-state index contributed by atoms with van der Waals surface area (Å²) in [5, 5.41) is 0. The third-order valence-electron chi connectivity index (χ3n) is 3.98. The van der Waals surface area contributed by atoms with Crippen molar-refractivity contribution in [2.75, 3.05) is 12.3 Å². The zero-order chi connectivity index (χ0) is 16.2. The van der Waals surface area contributed by atoms with Crippen molar-refractivity contribution in [2.24, 2.45) is 0 Å². The van der Waals surface area contributed by atoms with Gasteiger partial charge in [-0.15, -0.1) is 11.8 Å². The highest BCUT2D eigenvalue weighted by Gasteiger charge is 2.20. The van der Waals surface area contributed by atoms with Gasteiger partial charge in [-0.05, 0) is 35.2 Å². The summed E-state index contributed by atoms with van der Waals surface area (Å²) in [4.78, 5) is 14.2. The molecule has 0 radical (unpaired) electrons. The molecular weight excluding hydrogens is 377 g/mol. The van der Waals surface area contributed by atoms with Gasteiger partial charge in [-0.25, -0.2) is 4.39 Å². The van der Waals surface area contributed by atoms with E-state index in [1.54, 1.807) is 6.07 Å².